The summed E-state index contributed by atoms with van der Waals surface area (Å²) in [6, 6.07) is 0. The van der Waals surface area contributed by atoms with Crippen molar-refractivity contribution in [3.8, 4) is 0 Å². The highest BCUT2D eigenvalue weighted by atomic mass is 32.2. The van der Waals surface area contributed by atoms with E-state index >= 15 is 0 Å². The zero-order valence-corrected chi connectivity index (χ0v) is 10.2. The summed E-state index contributed by atoms with van der Waals surface area (Å²) in [7, 11) is -2.99. The van der Waals surface area contributed by atoms with E-state index in [1.165, 1.54) is 37.0 Å². The van der Waals surface area contributed by atoms with Gasteiger partial charge in [-0.1, -0.05) is 0 Å². The molecule has 1 heterocycles. The Balaban J connectivity index is 0.000000281. The first-order valence-corrected chi connectivity index (χ1v) is 6.49. The first kappa shape index (κ1) is 15.7. The molecule has 1 aliphatic rings. The molecule has 0 aliphatic carbocycles. The number of likely N-dealkylation sites (tertiary alicyclic amines) is 1. The number of rotatable bonds is 1. The lowest BCUT2D eigenvalue weighted by Gasteiger charge is -2.26. The van der Waals surface area contributed by atoms with Crippen molar-refractivity contribution in [3.05, 3.63) is 0 Å². The van der Waals surface area contributed by atoms with Crippen LogP contribution in [-0.4, -0.2) is 45.1 Å². The Kier molecular flexibility index (Phi) is 5.21. The monoisotopic (exact) mass is 263 g/mol. The molecule has 4 nitrogen and oxygen atoms in total. The van der Waals surface area contributed by atoms with Crippen LogP contribution in [0.15, 0.2) is 0 Å². The molecule has 1 rings (SSSR count). The maximum absolute atomic E-state index is 10.8. The normalized spacial score (nSPS) is 20.1. The Labute approximate surface area is 93.9 Å². The third-order valence-corrected chi connectivity index (χ3v) is 3.38. The van der Waals surface area contributed by atoms with Crippen molar-refractivity contribution in [2.75, 3.05) is 26.7 Å². The SMILES string of the molecule is CC[N+]1(C)CCCC1.NS(=O)(=O)C(F)(F)F. The molecule has 8 heteroatoms. The van der Waals surface area contributed by atoms with Gasteiger partial charge in [0.25, 0.3) is 0 Å². The average molecular weight is 263 g/mol. The van der Waals surface area contributed by atoms with E-state index in [1.807, 2.05) is 0 Å². The van der Waals surface area contributed by atoms with Crippen molar-refractivity contribution in [2.24, 2.45) is 5.14 Å². The Morgan fingerprint density at radius 2 is 1.56 bits per heavy atom. The van der Waals surface area contributed by atoms with Gasteiger partial charge in [0.1, 0.15) is 0 Å². The maximum atomic E-state index is 10.8. The second-order valence-electron chi connectivity index (χ2n) is 4.08. The van der Waals surface area contributed by atoms with Crippen molar-refractivity contribution in [1.29, 1.82) is 0 Å². The number of halogens is 3. The molecule has 0 spiro atoms. The summed E-state index contributed by atoms with van der Waals surface area (Å²) in [5.74, 6) is 0. The summed E-state index contributed by atoms with van der Waals surface area (Å²) >= 11 is 0. The molecule has 0 radical (unpaired) electrons. The maximum Gasteiger partial charge on any atom is 0.511 e. The molecule has 0 atom stereocenters. The van der Waals surface area contributed by atoms with Gasteiger partial charge >= 0.3 is 15.5 Å². The highest BCUT2D eigenvalue weighted by Gasteiger charge is 2.42. The van der Waals surface area contributed by atoms with Crippen LogP contribution in [0.2, 0.25) is 0 Å². The zero-order valence-electron chi connectivity index (χ0n) is 9.42. The van der Waals surface area contributed by atoms with Crippen molar-refractivity contribution in [2.45, 2.75) is 25.3 Å². The van der Waals surface area contributed by atoms with E-state index in [9.17, 15) is 21.6 Å². The molecule has 0 aromatic rings. The van der Waals surface area contributed by atoms with Crippen LogP contribution in [-0.2, 0) is 10.0 Å². The second kappa shape index (κ2) is 5.33. The molecule has 0 bridgehead atoms. The molecule has 1 fully saturated rings. The summed E-state index contributed by atoms with van der Waals surface area (Å²) < 4.78 is 52.5. The molecule has 98 valence electrons. The van der Waals surface area contributed by atoms with Crippen molar-refractivity contribution < 1.29 is 26.1 Å². The molecular weight excluding hydrogens is 245 g/mol. The van der Waals surface area contributed by atoms with E-state index in [-0.39, 0.29) is 0 Å². The van der Waals surface area contributed by atoms with Gasteiger partial charge in [-0.15, -0.1) is 0 Å². The van der Waals surface area contributed by atoms with Gasteiger partial charge in [-0.3, -0.25) is 0 Å². The molecule has 0 aromatic heterocycles. The van der Waals surface area contributed by atoms with E-state index in [2.05, 4.69) is 19.1 Å². The van der Waals surface area contributed by atoms with Gasteiger partial charge in [-0.25, -0.2) is 13.6 Å². The molecule has 2 N–H and O–H groups in total. The van der Waals surface area contributed by atoms with Gasteiger partial charge in [0.2, 0.25) is 0 Å². The number of sulfonamides is 1. The van der Waals surface area contributed by atoms with E-state index in [0.717, 1.165) is 0 Å². The molecule has 0 aromatic carbocycles. The van der Waals surface area contributed by atoms with Gasteiger partial charge in [-0.05, 0) is 6.92 Å². The van der Waals surface area contributed by atoms with Crippen LogP contribution >= 0.6 is 0 Å². The predicted octanol–water partition coefficient (Wildman–Crippen LogP) is 1.04. The zero-order chi connectivity index (χ0) is 13.0. The summed E-state index contributed by atoms with van der Waals surface area (Å²) in [5, 5.41) is 3.66. The quantitative estimate of drug-likeness (QED) is 0.719. The summed E-state index contributed by atoms with van der Waals surface area (Å²) in [6.07, 6.45) is 2.90. The fraction of sp³-hybridized carbons (Fsp3) is 1.00. The number of hydrogen-bond donors (Lipinski definition) is 1. The first-order chi connectivity index (χ1) is 7.02. The summed E-state index contributed by atoms with van der Waals surface area (Å²) in [4.78, 5) is 0. The number of alkyl halides is 3. The van der Waals surface area contributed by atoms with E-state index in [0.29, 0.717) is 0 Å². The topological polar surface area (TPSA) is 60.2 Å². The van der Waals surface area contributed by atoms with Crippen LogP contribution in [0, 0.1) is 0 Å². The Bertz CT molecular complexity index is 308. The molecule has 16 heavy (non-hydrogen) atoms. The minimum Gasteiger partial charge on any atom is -0.326 e. The van der Waals surface area contributed by atoms with Crippen LogP contribution in [0.25, 0.3) is 0 Å². The fourth-order valence-electron chi connectivity index (χ4n) is 1.42. The number of hydrogen-bond acceptors (Lipinski definition) is 2. The molecule has 0 saturated carbocycles. The van der Waals surface area contributed by atoms with Crippen molar-refractivity contribution in [1.82, 2.24) is 0 Å². The fourth-order valence-corrected chi connectivity index (χ4v) is 1.42. The standard InChI is InChI=1S/C7H16N.CH2F3NO2S/c1-3-8(2)6-4-5-7-8;2-1(3,4)8(5,6)7/h3-7H2,1-2H3;(H2,5,6,7)/q+1;. The molecular formula is C8H18F3N2O2S+. The highest BCUT2D eigenvalue weighted by Crippen LogP contribution is 2.18. The Hall–Kier alpha value is -0.340. The summed E-state index contributed by atoms with van der Waals surface area (Å²) in [6.45, 7) is 6.43. The largest absolute Gasteiger partial charge is 0.511 e. The predicted molar refractivity (Wildman–Crippen MR) is 54.9 cm³/mol. The number of quaternary nitrogens is 1. The van der Waals surface area contributed by atoms with Crippen LogP contribution in [0.4, 0.5) is 13.2 Å². The van der Waals surface area contributed by atoms with Gasteiger partial charge in [0, 0.05) is 12.8 Å². The third kappa shape index (κ3) is 5.13. The number of nitrogens with two attached hydrogens (primary N) is 1. The van der Waals surface area contributed by atoms with Gasteiger partial charge < -0.3 is 4.48 Å². The number of nitrogens with zero attached hydrogens (tertiary/aromatic N) is 1. The summed E-state index contributed by atoms with van der Waals surface area (Å²) in [5.41, 5.74) is -5.31. The Morgan fingerprint density at radius 1 is 1.25 bits per heavy atom. The van der Waals surface area contributed by atoms with Crippen LogP contribution < -0.4 is 5.14 Å². The van der Waals surface area contributed by atoms with Crippen LogP contribution in [0.5, 0.6) is 0 Å². The lowest BCUT2D eigenvalue weighted by Crippen LogP contribution is -2.40. The first-order valence-electron chi connectivity index (χ1n) is 4.94. The smallest absolute Gasteiger partial charge is 0.326 e. The second-order valence-corrected chi connectivity index (χ2v) is 5.63. The minimum atomic E-state index is -5.34. The van der Waals surface area contributed by atoms with E-state index in [4.69, 9.17) is 0 Å². The third-order valence-electron chi connectivity index (χ3n) is 2.73. The molecule has 0 amide bonds. The molecule has 1 aliphatic heterocycles. The average Bonchev–Trinajstić information content (AvgIpc) is 2.51. The van der Waals surface area contributed by atoms with E-state index < -0.39 is 15.5 Å². The van der Waals surface area contributed by atoms with Crippen molar-refractivity contribution in [3.63, 3.8) is 0 Å². The van der Waals surface area contributed by atoms with Crippen molar-refractivity contribution >= 4 is 10.0 Å². The molecule has 0 unspecified atom stereocenters. The lowest BCUT2D eigenvalue weighted by molar-refractivity contribution is -0.895. The van der Waals surface area contributed by atoms with Crippen LogP contribution in [0.3, 0.4) is 0 Å². The minimum absolute atomic E-state index is 1.32. The van der Waals surface area contributed by atoms with Gasteiger partial charge in [0.05, 0.1) is 26.7 Å². The van der Waals surface area contributed by atoms with Crippen LogP contribution in [0.1, 0.15) is 19.8 Å². The molecule has 1 saturated heterocycles. The van der Waals surface area contributed by atoms with Gasteiger partial charge in [-0.2, -0.15) is 13.2 Å². The Morgan fingerprint density at radius 3 is 1.69 bits per heavy atom. The lowest BCUT2D eigenvalue weighted by atomic mass is 10.4. The van der Waals surface area contributed by atoms with E-state index in [1.54, 1.807) is 0 Å². The van der Waals surface area contributed by atoms with Gasteiger partial charge in [0.15, 0.2) is 0 Å². The highest BCUT2D eigenvalue weighted by molar-refractivity contribution is 7.90. The number of primary sulfonamides is 1.